The van der Waals surface area contributed by atoms with Crippen LogP contribution in [0.2, 0.25) is 5.02 Å². The number of aromatic nitrogens is 2. The van der Waals surface area contributed by atoms with E-state index < -0.39 is 0 Å². The summed E-state index contributed by atoms with van der Waals surface area (Å²) in [6.45, 7) is 2.95. The predicted octanol–water partition coefficient (Wildman–Crippen LogP) is 2.91. The van der Waals surface area contributed by atoms with Crippen LogP contribution in [0.3, 0.4) is 0 Å². The molecule has 0 aliphatic carbocycles. The molecule has 7 heteroatoms. The zero-order chi connectivity index (χ0) is 14.4. The van der Waals surface area contributed by atoms with Crippen molar-refractivity contribution in [1.29, 1.82) is 0 Å². The van der Waals surface area contributed by atoms with E-state index in [0.29, 0.717) is 23.4 Å². The summed E-state index contributed by atoms with van der Waals surface area (Å²) in [4.78, 5) is 11.9. The second-order valence-electron chi connectivity index (χ2n) is 3.99. The van der Waals surface area contributed by atoms with Gasteiger partial charge in [0, 0.05) is 11.6 Å². The number of halogens is 1. The predicted molar refractivity (Wildman–Crippen MR) is 79.0 cm³/mol. The smallest absolute Gasteiger partial charge is 0.230 e. The largest absolute Gasteiger partial charge is 0.374 e. The van der Waals surface area contributed by atoms with E-state index in [4.69, 9.17) is 16.3 Å². The fourth-order valence-corrected chi connectivity index (χ4v) is 2.32. The third-order valence-electron chi connectivity index (χ3n) is 2.42. The summed E-state index contributed by atoms with van der Waals surface area (Å²) in [5, 5.41) is 12.4. The number of carbonyl (C=O) groups excluding carboxylic acids is 1. The Morgan fingerprint density at radius 3 is 2.80 bits per heavy atom. The molecule has 0 atom stereocenters. The topological polar surface area (TPSA) is 64.1 Å². The third kappa shape index (κ3) is 4.56. The number of ether oxygens (including phenoxy) is 1. The summed E-state index contributed by atoms with van der Waals surface area (Å²) in [6.07, 6.45) is 0.275. The van der Waals surface area contributed by atoms with Crippen molar-refractivity contribution < 1.29 is 9.53 Å². The number of hydrogen-bond acceptors (Lipinski definition) is 5. The molecule has 2 aromatic rings. The van der Waals surface area contributed by atoms with Crippen LogP contribution < -0.4 is 5.32 Å². The van der Waals surface area contributed by atoms with Gasteiger partial charge in [-0.3, -0.25) is 4.79 Å². The van der Waals surface area contributed by atoms with Crippen LogP contribution in [0.25, 0.3) is 0 Å². The highest BCUT2D eigenvalue weighted by Crippen LogP contribution is 2.16. The van der Waals surface area contributed by atoms with E-state index >= 15 is 0 Å². The van der Waals surface area contributed by atoms with E-state index in [-0.39, 0.29) is 12.3 Å². The van der Waals surface area contributed by atoms with Gasteiger partial charge < -0.3 is 10.1 Å². The molecule has 1 heterocycles. The lowest BCUT2D eigenvalue weighted by Gasteiger charge is -2.01. The van der Waals surface area contributed by atoms with Crippen LogP contribution >= 0.6 is 22.9 Å². The Bertz CT molecular complexity index is 571. The molecule has 1 aromatic heterocycles. The molecule has 0 aliphatic rings. The van der Waals surface area contributed by atoms with Crippen molar-refractivity contribution in [1.82, 2.24) is 10.2 Å². The zero-order valence-electron chi connectivity index (χ0n) is 10.9. The average Bonchev–Trinajstić information content (AvgIpc) is 2.86. The van der Waals surface area contributed by atoms with Crippen LogP contribution in [-0.4, -0.2) is 22.7 Å². The van der Waals surface area contributed by atoms with Crippen molar-refractivity contribution in [2.45, 2.75) is 20.0 Å². The van der Waals surface area contributed by atoms with Gasteiger partial charge in [-0.25, -0.2) is 0 Å². The maximum Gasteiger partial charge on any atom is 0.230 e. The molecule has 0 saturated carbocycles. The zero-order valence-corrected chi connectivity index (χ0v) is 12.5. The van der Waals surface area contributed by atoms with Gasteiger partial charge in [-0.2, -0.15) is 0 Å². The lowest BCUT2D eigenvalue weighted by molar-refractivity contribution is -0.115. The summed E-state index contributed by atoms with van der Waals surface area (Å²) in [5.74, 6) is -0.133. The minimum Gasteiger partial charge on any atom is -0.374 e. The first-order chi connectivity index (χ1) is 9.67. The summed E-state index contributed by atoms with van der Waals surface area (Å²) in [7, 11) is 0. The Labute approximate surface area is 125 Å². The molecule has 0 saturated heterocycles. The molecule has 0 bridgehead atoms. The van der Waals surface area contributed by atoms with Gasteiger partial charge in [0.2, 0.25) is 11.0 Å². The van der Waals surface area contributed by atoms with Crippen LogP contribution in [0, 0.1) is 0 Å². The van der Waals surface area contributed by atoms with Crippen molar-refractivity contribution in [3.8, 4) is 0 Å². The van der Waals surface area contributed by atoms with E-state index in [9.17, 15) is 4.79 Å². The van der Waals surface area contributed by atoms with Gasteiger partial charge in [0.1, 0.15) is 11.6 Å². The van der Waals surface area contributed by atoms with Gasteiger partial charge >= 0.3 is 0 Å². The quantitative estimate of drug-likeness (QED) is 0.891. The molecule has 2 rings (SSSR count). The maximum absolute atomic E-state index is 11.9. The second-order valence-corrected chi connectivity index (χ2v) is 5.49. The van der Waals surface area contributed by atoms with Crippen molar-refractivity contribution >= 4 is 34.0 Å². The molecule has 1 amide bonds. The highest BCUT2D eigenvalue weighted by Gasteiger charge is 2.09. The molecule has 1 aromatic carbocycles. The number of carbonyl (C=O) groups is 1. The standard InChI is InChI=1S/C13H14ClN3O2S/c1-2-19-8-12-16-17-13(20-12)15-11(18)7-9-3-5-10(14)6-4-9/h3-6H,2,7-8H2,1H3,(H,15,17,18). The first kappa shape index (κ1) is 14.9. The summed E-state index contributed by atoms with van der Waals surface area (Å²) < 4.78 is 5.23. The molecule has 106 valence electrons. The van der Waals surface area contributed by atoms with Crippen molar-refractivity contribution in [2.24, 2.45) is 0 Å². The molecule has 1 N–H and O–H groups in total. The van der Waals surface area contributed by atoms with E-state index in [1.54, 1.807) is 12.1 Å². The van der Waals surface area contributed by atoms with Crippen LogP contribution in [0.4, 0.5) is 5.13 Å². The Balaban J connectivity index is 1.87. The first-order valence-electron chi connectivity index (χ1n) is 6.12. The van der Waals surface area contributed by atoms with Crippen LogP contribution in [-0.2, 0) is 22.6 Å². The summed E-state index contributed by atoms with van der Waals surface area (Å²) in [6, 6.07) is 7.16. The Morgan fingerprint density at radius 1 is 1.35 bits per heavy atom. The highest BCUT2D eigenvalue weighted by atomic mass is 35.5. The number of nitrogens with one attached hydrogen (secondary N) is 1. The number of rotatable bonds is 6. The van der Waals surface area contributed by atoms with Crippen molar-refractivity contribution in [3.63, 3.8) is 0 Å². The monoisotopic (exact) mass is 311 g/mol. The Morgan fingerprint density at radius 2 is 2.10 bits per heavy atom. The first-order valence-corrected chi connectivity index (χ1v) is 7.31. The van der Waals surface area contributed by atoms with Gasteiger partial charge in [-0.05, 0) is 24.6 Å². The van der Waals surface area contributed by atoms with Crippen molar-refractivity contribution in [2.75, 3.05) is 11.9 Å². The van der Waals surface area contributed by atoms with Gasteiger partial charge in [-0.1, -0.05) is 35.1 Å². The summed E-state index contributed by atoms with van der Waals surface area (Å²) in [5.41, 5.74) is 0.894. The van der Waals surface area contributed by atoms with E-state index in [0.717, 1.165) is 10.6 Å². The number of amides is 1. The molecule has 20 heavy (non-hydrogen) atoms. The van der Waals surface area contributed by atoms with Gasteiger partial charge in [0.25, 0.3) is 0 Å². The van der Waals surface area contributed by atoms with Crippen molar-refractivity contribution in [3.05, 3.63) is 39.9 Å². The number of nitrogens with zero attached hydrogens (tertiary/aromatic N) is 2. The lowest BCUT2D eigenvalue weighted by Crippen LogP contribution is -2.14. The fourth-order valence-electron chi connectivity index (χ4n) is 1.50. The molecule has 0 radical (unpaired) electrons. The van der Waals surface area contributed by atoms with Gasteiger partial charge in [0.05, 0.1) is 6.42 Å². The lowest BCUT2D eigenvalue weighted by atomic mass is 10.1. The SMILES string of the molecule is CCOCc1nnc(NC(=O)Cc2ccc(Cl)cc2)s1. The summed E-state index contributed by atoms with van der Waals surface area (Å²) >= 11 is 7.11. The van der Waals surface area contributed by atoms with Gasteiger partial charge in [0.15, 0.2) is 0 Å². The molecule has 0 spiro atoms. The molecular weight excluding hydrogens is 298 g/mol. The van der Waals surface area contributed by atoms with E-state index in [1.807, 2.05) is 19.1 Å². The molecule has 0 aliphatic heterocycles. The normalized spacial score (nSPS) is 10.5. The van der Waals surface area contributed by atoms with Crippen LogP contribution in [0.1, 0.15) is 17.5 Å². The van der Waals surface area contributed by atoms with Crippen LogP contribution in [0.15, 0.2) is 24.3 Å². The molecule has 0 fully saturated rings. The van der Waals surface area contributed by atoms with E-state index in [2.05, 4.69) is 15.5 Å². The molecule has 0 unspecified atom stereocenters. The second kappa shape index (κ2) is 7.33. The molecule has 5 nitrogen and oxygen atoms in total. The van der Waals surface area contributed by atoms with Gasteiger partial charge in [-0.15, -0.1) is 10.2 Å². The van der Waals surface area contributed by atoms with Crippen LogP contribution in [0.5, 0.6) is 0 Å². The minimum absolute atomic E-state index is 0.133. The number of benzene rings is 1. The average molecular weight is 312 g/mol. The highest BCUT2D eigenvalue weighted by molar-refractivity contribution is 7.15. The Hall–Kier alpha value is -1.50. The number of hydrogen-bond donors (Lipinski definition) is 1. The van der Waals surface area contributed by atoms with E-state index in [1.165, 1.54) is 11.3 Å². The Kier molecular flexibility index (Phi) is 5.46. The fraction of sp³-hybridized carbons (Fsp3) is 0.308. The maximum atomic E-state index is 11.9. The molecular formula is C13H14ClN3O2S. The minimum atomic E-state index is -0.133. The number of anilines is 1. The third-order valence-corrected chi connectivity index (χ3v) is 3.48.